The number of thioether (sulfide) groups is 1. The summed E-state index contributed by atoms with van der Waals surface area (Å²) in [6, 6.07) is 26.0. The first-order valence-corrected chi connectivity index (χ1v) is 10.2. The summed E-state index contributed by atoms with van der Waals surface area (Å²) in [5.74, 6) is 0.121. The average molecular weight is 391 g/mol. The van der Waals surface area contributed by atoms with Crippen molar-refractivity contribution in [3.05, 3.63) is 96.2 Å². The molecule has 0 unspecified atom stereocenters. The molecule has 1 aliphatic rings. The van der Waals surface area contributed by atoms with Crippen LogP contribution in [-0.4, -0.2) is 27.3 Å². The second-order valence-corrected chi connectivity index (χ2v) is 7.86. The van der Waals surface area contributed by atoms with Crippen molar-refractivity contribution < 1.29 is 9.53 Å². The molecule has 0 radical (unpaired) electrons. The van der Waals surface area contributed by atoms with Gasteiger partial charge in [0.15, 0.2) is 0 Å². The lowest BCUT2D eigenvalue weighted by Crippen LogP contribution is -2.35. The molecule has 2 heterocycles. The van der Waals surface area contributed by atoms with Crippen LogP contribution in [0.3, 0.4) is 0 Å². The molecule has 4 nitrogen and oxygen atoms in total. The predicted octanol–water partition coefficient (Wildman–Crippen LogP) is 4.52. The summed E-state index contributed by atoms with van der Waals surface area (Å²) >= 11 is 1.59. The smallest absolute Gasteiger partial charge is 0.226 e. The van der Waals surface area contributed by atoms with Crippen LogP contribution < -0.4 is 0 Å². The van der Waals surface area contributed by atoms with Gasteiger partial charge in [-0.2, -0.15) is 0 Å². The van der Waals surface area contributed by atoms with Crippen molar-refractivity contribution in [2.45, 2.75) is 36.1 Å². The number of aromatic nitrogens is 1. The summed E-state index contributed by atoms with van der Waals surface area (Å²) in [7, 11) is 0. The Bertz CT molecular complexity index is 890. The van der Waals surface area contributed by atoms with Crippen molar-refractivity contribution in [3.63, 3.8) is 0 Å². The van der Waals surface area contributed by atoms with Gasteiger partial charge < -0.3 is 9.64 Å². The molecule has 1 aliphatic heterocycles. The molecule has 2 aromatic carbocycles. The summed E-state index contributed by atoms with van der Waals surface area (Å²) in [6.07, 6.45) is 1.99. The maximum atomic E-state index is 12.8. The lowest BCUT2D eigenvalue weighted by Gasteiger charge is -2.27. The molecule has 4 rings (SSSR count). The molecule has 0 saturated carbocycles. The normalized spacial score (nSPS) is 19.1. The van der Waals surface area contributed by atoms with E-state index in [9.17, 15) is 4.79 Å². The van der Waals surface area contributed by atoms with E-state index in [-0.39, 0.29) is 17.4 Å². The average Bonchev–Trinajstić information content (AvgIpc) is 3.03. The van der Waals surface area contributed by atoms with Crippen LogP contribution in [0.2, 0.25) is 0 Å². The molecule has 28 heavy (non-hydrogen) atoms. The van der Waals surface area contributed by atoms with E-state index in [0.717, 1.165) is 16.2 Å². The first-order valence-electron chi connectivity index (χ1n) is 9.36. The lowest BCUT2D eigenvalue weighted by molar-refractivity contribution is -0.128. The van der Waals surface area contributed by atoms with E-state index in [1.807, 2.05) is 83.8 Å². The minimum atomic E-state index is -0.177. The zero-order chi connectivity index (χ0) is 19.2. The van der Waals surface area contributed by atoms with Gasteiger partial charge >= 0.3 is 0 Å². The highest BCUT2D eigenvalue weighted by Gasteiger charge is 2.41. The number of hydrogen-bond acceptors (Lipinski definition) is 4. The van der Waals surface area contributed by atoms with Crippen LogP contribution in [0.4, 0.5) is 0 Å². The number of benzene rings is 2. The highest BCUT2D eigenvalue weighted by Crippen LogP contribution is 2.36. The van der Waals surface area contributed by atoms with E-state index in [4.69, 9.17) is 4.74 Å². The quantitative estimate of drug-likeness (QED) is 0.595. The minimum Gasteiger partial charge on any atom is -0.370 e. The third-order valence-electron chi connectivity index (χ3n) is 4.70. The number of carbonyl (C=O) groups excluding carboxylic acids is 1. The van der Waals surface area contributed by atoms with Gasteiger partial charge in [-0.3, -0.25) is 4.79 Å². The molecule has 142 valence electrons. The van der Waals surface area contributed by atoms with Gasteiger partial charge in [0.05, 0.1) is 24.2 Å². The van der Waals surface area contributed by atoms with Crippen LogP contribution in [0, 0.1) is 0 Å². The van der Waals surface area contributed by atoms with Gasteiger partial charge in [0.1, 0.15) is 5.37 Å². The molecule has 1 fully saturated rings. The third-order valence-corrected chi connectivity index (χ3v) is 5.99. The van der Waals surface area contributed by atoms with Gasteiger partial charge in [-0.1, -0.05) is 78.5 Å². The van der Waals surface area contributed by atoms with Crippen LogP contribution in [0.25, 0.3) is 0 Å². The summed E-state index contributed by atoms with van der Waals surface area (Å²) in [4.78, 5) is 19.2. The third kappa shape index (κ3) is 4.61. The first-order chi connectivity index (χ1) is 13.8. The Morgan fingerprint density at radius 2 is 1.61 bits per heavy atom. The minimum absolute atomic E-state index is 0.105. The van der Waals surface area contributed by atoms with Crippen molar-refractivity contribution in [1.29, 1.82) is 0 Å². The van der Waals surface area contributed by atoms with Crippen LogP contribution in [0.5, 0.6) is 0 Å². The number of carbonyl (C=O) groups is 1. The number of hydrogen-bond donors (Lipinski definition) is 0. The van der Waals surface area contributed by atoms with Crippen LogP contribution in [0.15, 0.2) is 90.1 Å². The number of amides is 1. The maximum Gasteiger partial charge on any atom is 0.226 e. The Hall–Kier alpha value is -2.63. The standard InChI is InChI=1S/C23H22N2O2S/c26-22-15-20(27-17-19-11-5-2-6-12-19)23(28-21-13-7-8-14-24-21)25(22)16-18-9-3-1-4-10-18/h1-14,20,23H,15-17H2/t20-,23+/m0/s1. The zero-order valence-corrected chi connectivity index (χ0v) is 16.3. The molecule has 0 bridgehead atoms. The van der Waals surface area contributed by atoms with Gasteiger partial charge in [-0.05, 0) is 23.3 Å². The number of rotatable bonds is 7. The monoisotopic (exact) mass is 390 g/mol. The molecule has 3 aromatic rings. The summed E-state index contributed by atoms with van der Waals surface area (Å²) in [5.41, 5.74) is 2.23. The Balaban J connectivity index is 1.53. The van der Waals surface area contributed by atoms with Crippen molar-refractivity contribution in [2.75, 3.05) is 0 Å². The van der Waals surface area contributed by atoms with E-state index in [0.29, 0.717) is 19.6 Å². The molecule has 0 aliphatic carbocycles. The van der Waals surface area contributed by atoms with E-state index >= 15 is 0 Å². The number of likely N-dealkylation sites (tertiary alicyclic amines) is 1. The van der Waals surface area contributed by atoms with Crippen LogP contribution >= 0.6 is 11.8 Å². The predicted molar refractivity (Wildman–Crippen MR) is 111 cm³/mol. The second-order valence-electron chi connectivity index (χ2n) is 6.72. The summed E-state index contributed by atoms with van der Waals surface area (Å²) < 4.78 is 6.20. The molecule has 0 N–H and O–H groups in total. The van der Waals surface area contributed by atoms with E-state index < -0.39 is 0 Å². The Labute approximate surface area is 169 Å². The number of ether oxygens (including phenoxy) is 1. The fourth-order valence-corrected chi connectivity index (χ4v) is 4.46. The molecular formula is C23H22N2O2S. The van der Waals surface area contributed by atoms with Crippen LogP contribution in [0.1, 0.15) is 17.5 Å². The molecule has 5 heteroatoms. The van der Waals surface area contributed by atoms with Gasteiger partial charge in [-0.15, -0.1) is 0 Å². The Morgan fingerprint density at radius 1 is 0.929 bits per heavy atom. The van der Waals surface area contributed by atoms with Gasteiger partial charge in [0.2, 0.25) is 5.91 Å². The van der Waals surface area contributed by atoms with Gasteiger partial charge in [0.25, 0.3) is 0 Å². The molecule has 1 aromatic heterocycles. The molecule has 0 spiro atoms. The largest absolute Gasteiger partial charge is 0.370 e. The van der Waals surface area contributed by atoms with E-state index in [1.165, 1.54) is 0 Å². The summed E-state index contributed by atoms with van der Waals surface area (Å²) in [6.45, 7) is 1.08. The van der Waals surface area contributed by atoms with Crippen molar-refractivity contribution >= 4 is 17.7 Å². The first kappa shape index (κ1) is 18.7. The van der Waals surface area contributed by atoms with Gasteiger partial charge in [-0.25, -0.2) is 4.98 Å². The Morgan fingerprint density at radius 3 is 2.29 bits per heavy atom. The molecule has 1 saturated heterocycles. The topological polar surface area (TPSA) is 42.4 Å². The fourth-order valence-electron chi connectivity index (χ4n) is 3.29. The molecular weight excluding hydrogens is 368 g/mol. The van der Waals surface area contributed by atoms with Crippen molar-refractivity contribution in [3.8, 4) is 0 Å². The van der Waals surface area contributed by atoms with Gasteiger partial charge in [0, 0.05) is 12.7 Å². The lowest BCUT2D eigenvalue weighted by atomic mass is 10.2. The van der Waals surface area contributed by atoms with Crippen molar-refractivity contribution in [2.24, 2.45) is 0 Å². The van der Waals surface area contributed by atoms with Crippen LogP contribution in [-0.2, 0) is 22.7 Å². The van der Waals surface area contributed by atoms with E-state index in [1.54, 1.807) is 18.0 Å². The highest BCUT2D eigenvalue weighted by molar-refractivity contribution is 7.99. The van der Waals surface area contributed by atoms with E-state index in [2.05, 4.69) is 4.98 Å². The second kappa shape index (κ2) is 9.04. The molecule has 1 amide bonds. The molecule has 2 atom stereocenters. The fraction of sp³-hybridized carbons (Fsp3) is 0.217. The van der Waals surface area contributed by atoms with Crippen molar-refractivity contribution in [1.82, 2.24) is 9.88 Å². The number of pyridine rings is 1. The summed E-state index contributed by atoms with van der Waals surface area (Å²) in [5, 5.41) is 0.792. The Kier molecular flexibility index (Phi) is 6.04. The number of nitrogens with zero attached hydrogens (tertiary/aromatic N) is 2. The zero-order valence-electron chi connectivity index (χ0n) is 15.5. The maximum absolute atomic E-state index is 12.8. The SMILES string of the molecule is O=C1C[C@H](OCc2ccccc2)[C@@H](Sc2ccccn2)N1Cc1ccccc1. The highest BCUT2D eigenvalue weighted by atomic mass is 32.2.